The number of hydrogen-bond acceptors (Lipinski definition) is 4. The molecule has 0 unspecified atom stereocenters. The zero-order valence-electron chi connectivity index (χ0n) is 10.5. The molecule has 0 aromatic carbocycles. The second kappa shape index (κ2) is 7.91. The Labute approximate surface area is 96.6 Å². The van der Waals surface area contributed by atoms with Gasteiger partial charge in [-0.25, -0.2) is 9.59 Å². The summed E-state index contributed by atoms with van der Waals surface area (Å²) in [6.07, 6.45) is 1.56. The molecule has 0 N–H and O–H groups in total. The predicted octanol–water partition coefficient (Wildman–Crippen LogP) is 2.23. The van der Waals surface area contributed by atoms with E-state index >= 15 is 0 Å². The van der Waals surface area contributed by atoms with Gasteiger partial charge >= 0.3 is 11.9 Å². The molecule has 0 aliphatic rings. The van der Waals surface area contributed by atoms with Crippen molar-refractivity contribution < 1.29 is 19.1 Å². The van der Waals surface area contributed by atoms with Gasteiger partial charge in [0.1, 0.15) is 5.57 Å². The van der Waals surface area contributed by atoms with Crippen LogP contribution in [0.25, 0.3) is 0 Å². The van der Waals surface area contributed by atoms with Crippen molar-refractivity contribution in [2.75, 3.05) is 13.2 Å². The largest absolute Gasteiger partial charge is 0.462 e. The third kappa shape index (κ3) is 4.47. The highest BCUT2D eigenvalue weighted by atomic mass is 16.6. The Morgan fingerprint density at radius 2 is 1.38 bits per heavy atom. The predicted molar refractivity (Wildman–Crippen MR) is 60.9 cm³/mol. The summed E-state index contributed by atoms with van der Waals surface area (Å²) in [5, 5.41) is 0. The Kier molecular flexibility index (Phi) is 7.25. The van der Waals surface area contributed by atoms with Crippen LogP contribution in [0.4, 0.5) is 0 Å². The summed E-state index contributed by atoms with van der Waals surface area (Å²) >= 11 is 0. The van der Waals surface area contributed by atoms with Crippen molar-refractivity contribution in [2.24, 2.45) is 0 Å². The van der Waals surface area contributed by atoms with Crippen molar-refractivity contribution in [3.8, 4) is 0 Å². The average molecular weight is 228 g/mol. The molecule has 92 valence electrons. The van der Waals surface area contributed by atoms with E-state index < -0.39 is 11.9 Å². The van der Waals surface area contributed by atoms with Gasteiger partial charge in [0, 0.05) is 0 Å². The zero-order chi connectivity index (χ0) is 12.6. The monoisotopic (exact) mass is 228 g/mol. The van der Waals surface area contributed by atoms with Gasteiger partial charge in [-0.3, -0.25) is 0 Å². The SMILES string of the molecule is CCCC(C)=C(C(=O)OCC)C(=O)OCC. The van der Waals surface area contributed by atoms with Gasteiger partial charge in [-0.2, -0.15) is 0 Å². The fourth-order valence-electron chi connectivity index (χ4n) is 1.34. The average Bonchev–Trinajstić information content (AvgIpc) is 2.19. The van der Waals surface area contributed by atoms with Crippen LogP contribution >= 0.6 is 0 Å². The minimum atomic E-state index is -0.591. The normalized spacial score (nSPS) is 9.50. The molecule has 0 aromatic heterocycles. The molecule has 16 heavy (non-hydrogen) atoms. The van der Waals surface area contributed by atoms with E-state index in [4.69, 9.17) is 9.47 Å². The molecule has 0 aliphatic carbocycles. The summed E-state index contributed by atoms with van der Waals surface area (Å²) in [5.74, 6) is -1.18. The Bertz CT molecular complexity index is 259. The fraction of sp³-hybridized carbons (Fsp3) is 0.667. The molecule has 0 saturated heterocycles. The molecule has 0 fully saturated rings. The minimum Gasteiger partial charge on any atom is -0.462 e. The lowest BCUT2D eigenvalue weighted by molar-refractivity contribution is -0.146. The van der Waals surface area contributed by atoms with E-state index in [0.717, 1.165) is 12.0 Å². The van der Waals surface area contributed by atoms with Crippen LogP contribution in [0.2, 0.25) is 0 Å². The number of hydrogen-bond donors (Lipinski definition) is 0. The van der Waals surface area contributed by atoms with Crippen molar-refractivity contribution >= 4 is 11.9 Å². The Morgan fingerprint density at radius 1 is 0.938 bits per heavy atom. The first-order chi connectivity index (χ1) is 7.58. The van der Waals surface area contributed by atoms with Crippen molar-refractivity contribution in [1.29, 1.82) is 0 Å². The smallest absolute Gasteiger partial charge is 0.345 e. The first-order valence-corrected chi connectivity index (χ1v) is 5.62. The lowest BCUT2D eigenvalue weighted by atomic mass is 10.1. The van der Waals surface area contributed by atoms with Crippen LogP contribution < -0.4 is 0 Å². The minimum absolute atomic E-state index is 0.0468. The van der Waals surface area contributed by atoms with Gasteiger partial charge in [0.2, 0.25) is 0 Å². The third-order valence-corrected chi connectivity index (χ3v) is 2.01. The second-order valence-corrected chi connectivity index (χ2v) is 3.35. The summed E-state index contributed by atoms with van der Waals surface area (Å²) in [5.41, 5.74) is 0.768. The van der Waals surface area contributed by atoms with Gasteiger partial charge in [0.05, 0.1) is 13.2 Å². The summed E-state index contributed by atoms with van der Waals surface area (Å²) in [6, 6.07) is 0. The van der Waals surface area contributed by atoms with E-state index in [9.17, 15) is 9.59 Å². The van der Waals surface area contributed by atoms with Gasteiger partial charge in [0.25, 0.3) is 0 Å². The molecule has 0 amide bonds. The fourth-order valence-corrected chi connectivity index (χ4v) is 1.34. The molecular weight excluding hydrogens is 208 g/mol. The van der Waals surface area contributed by atoms with Gasteiger partial charge in [-0.1, -0.05) is 18.9 Å². The molecule has 4 heteroatoms. The topological polar surface area (TPSA) is 52.6 Å². The summed E-state index contributed by atoms with van der Waals surface area (Å²) in [4.78, 5) is 23.2. The van der Waals surface area contributed by atoms with E-state index in [2.05, 4.69) is 0 Å². The van der Waals surface area contributed by atoms with Crippen LogP contribution in [0, 0.1) is 0 Å². The molecule has 0 rings (SSSR count). The van der Waals surface area contributed by atoms with Crippen LogP contribution in [0.3, 0.4) is 0 Å². The summed E-state index contributed by atoms with van der Waals surface area (Å²) < 4.78 is 9.68. The van der Waals surface area contributed by atoms with Crippen molar-refractivity contribution in [2.45, 2.75) is 40.5 Å². The lowest BCUT2D eigenvalue weighted by Gasteiger charge is -2.09. The van der Waals surface area contributed by atoms with Crippen molar-refractivity contribution in [3.63, 3.8) is 0 Å². The molecule has 0 aliphatic heterocycles. The van der Waals surface area contributed by atoms with Crippen LogP contribution in [-0.2, 0) is 19.1 Å². The van der Waals surface area contributed by atoms with Crippen LogP contribution in [-0.4, -0.2) is 25.2 Å². The molecule has 0 saturated carbocycles. The van der Waals surface area contributed by atoms with Gasteiger partial charge in [0.15, 0.2) is 0 Å². The standard InChI is InChI=1S/C12H20O4/c1-5-8-9(4)10(11(13)15-6-2)12(14)16-7-3/h5-8H2,1-4H3. The third-order valence-electron chi connectivity index (χ3n) is 2.01. The molecular formula is C12H20O4. The molecule has 0 heterocycles. The highest BCUT2D eigenvalue weighted by Gasteiger charge is 2.23. The van der Waals surface area contributed by atoms with E-state index in [1.54, 1.807) is 20.8 Å². The highest BCUT2D eigenvalue weighted by Crippen LogP contribution is 2.14. The summed E-state index contributed by atoms with van der Waals surface area (Å²) in [6.45, 7) is 7.65. The maximum absolute atomic E-state index is 11.6. The number of esters is 2. The lowest BCUT2D eigenvalue weighted by Crippen LogP contribution is -2.20. The van der Waals surface area contributed by atoms with E-state index in [1.807, 2.05) is 6.92 Å². The number of ether oxygens (including phenoxy) is 2. The van der Waals surface area contributed by atoms with Crippen LogP contribution in [0.5, 0.6) is 0 Å². The first kappa shape index (κ1) is 14.7. The Hall–Kier alpha value is -1.32. The molecule has 0 aromatic rings. The molecule has 0 spiro atoms. The Balaban J connectivity index is 4.96. The van der Waals surface area contributed by atoms with Crippen LogP contribution in [0.1, 0.15) is 40.5 Å². The van der Waals surface area contributed by atoms with Crippen LogP contribution in [0.15, 0.2) is 11.1 Å². The van der Waals surface area contributed by atoms with Crippen molar-refractivity contribution in [1.82, 2.24) is 0 Å². The maximum Gasteiger partial charge on any atom is 0.345 e. The van der Waals surface area contributed by atoms with E-state index in [1.165, 1.54) is 0 Å². The zero-order valence-corrected chi connectivity index (χ0v) is 10.5. The number of rotatable bonds is 6. The van der Waals surface area contributed by atoms with Gasteiger partial charge in [-0.15, -0.1) is 0 Å². The number of carbonyl (C=O) groups is 2. The van der Waals surface area contributed by atoms with Gasteiger partial charge in [-0.05, 0) is 27.2 Å². The summed E-state index contributed by atoms with van der Waals surface area (Å²) in [7, 11) is 0. The van der Waals surface area contributed by atoms with E-state index in [-0.39, 0.29) is 18.8 Å². The van der Waals surface area contributed by atoms with E-state index in [0.29, 0.717) is 6.42 Å². The molecule has 0 radical (unpaired) electrons. The number of carbonyl (C=O) groups excluding carboxylic acids is 2. The van der Waals surface area contributed by atoms with Crippen molar-refractivity contribution in [3.05, 3.63) is 11.1 Å². The number of allylic oxidation sites excluding steroid dienone is 1. The first-order valence-electron chi connectivity index (χ1n) is 5.62. The second-order valence-electron chi connectivity index (χ2n) is 3.35. The molecule has 0 bridgehead atoms. The molecule has 4 nitrogen and oxygen atoms in total. The maximum atomic E-state index is 11.6. The van der Waals surface area contributed by atoms with Gasteiger partial charge < -0.3 is 9.47 Å². The molecule has 0 atom stereocenters. The Morgan fingerprint density at radius 3 is 1.69 bits per heavy atom. The quantitative estimate of drug-likeness (QED) is 0.303. The highest BCUT2D eigenvalue weighted by molar-refractivity contribution is 6.14.